The molecule has 4 nitrogen and oxygen atoms in total. The third-order valence-corrected chi connectivity index (χ3v) is 3.27. The molecule has 0 aliphatic carbocycles. The molecule has 0 aromatic heterocycles. The Morgan fingerprint density at radius 2 is 1.84 bits per heavy atom. The zero-order chi connectivity index (χ0) is 13.8. The second-order valence-corrected chi connectivity index (χ2v) is 5.10. The third kappa shape index (κ3) is 3.78. The van der Waals surface area contributed by atoms with Crippen molar-refractivity contribution in [1.82, 2.24) is 4.90 Å². The van der Waals surface area contributed by atoms with E-state index in [-0.39, 0.29) is 18.0 Å². The summed E-state index contributed by atoms with van der Waals surface area (Å²) in [6.45, 7) is 6.16. The summed E-state index contributed by atoms with van der Waals surface area (Å²) in [7, 11) is 1.62. The molecule has 0 bridgehead atoms. The number of benzene rings is 1. The molecule has 19 heavy (non-hydrogen) atoms. The van der Waals surface area contributed by atoms with Gasteiger partial charge in [-0.25, -0.2) is 0 Å². The number of morpholine rings is 1. The maximum absolute atomic E-state index is 12.2. The van der Waals surface area contributed by atoms with Crippen LogP contribution in [0.2, 0.25) is 0 Å². The highest BCUT2D eigenvalue weighted by atomic mass is 16.5. The van der Waals surface area contributed by atoms with Gasteiger partial charge in [0, 0.05) is 18.7 Å². The molecule has 1 aromatic carbocycles. The second kappa shape index (κ2) is 6.17. The number of ether oxygens (including phenoxy) is 2. The Labute approximate surface area is 114 Å². The number of carbonyl (C=O) groups is 1. The molecule has 1 aliphatic rings. The predicted molar refractivity (Wildman–Crippen MR) is 73.8 cm³/mol. The van der Waals surface area contributed by atoms with Crippen LogP contribution in [0, 0.1) is 0 Å². The Bertz CT molecular complexity index is 420. The number of hydrogen-bond acceptors (Lipinski definition) is 4. The van der Waals surface area contributed by atoms with Crippen LogP contribution < -0.4 is 4.74 Å². The summed E-state index contributed by atoms with van der Waals surface area (Å²) in [5.41, 5.74) is 0.729. The van der Waals surface area contributed by atoms with Crippen molar-refractivity contribution in [1.29, 1.82) is 0 Å². The highest BCUT2D eigenvalue weighted by Crippen LogP contribution is 2.14. The molecule has 0 N–H and O–H groups in total. The van der Waals surface area contributed by atoms with E-state index in [1.807, 2.05) is 38.1 Å². The fourth-order valence-electron chi connectivity index (χ4n) is 2.48. The van der Waals surface area contributed by atoms with Gasteiger partial charge in [0.25, 0.3) is 0 Å². The SMILES string of the molecule is COc1ccc(C(=O)CN2CC(C)OC(C)C2)cc1. The predicted octanol–water partition coefficient (Wildman–Crippen LogP) is 1.99. The zero-order valence-corrected chi connectivity index (χ0v) is 11.8. The largest absolute Gasteiger partial charge is 0.497 e. The molecule has 0 saturated carbocycles. The van der Waals surface area contributed by atoms with Crippen LogP contribution in [0.4, 0.5) is 0 Å². The number of ketones is 1. The molecular formula is C15H21NO3. The maximum Gasteiger partial charge on any atom is 0.176 e. The average molecular weight is 263 g/mol. The van der Waals surface area contributed by atoms with Crippen LogP contribution in [0.15, 0.2) is 24.3 Å². The number of hydrogen-bond donors (Lipinski definition) is 0. The number of rotatable bonds is 4. The van der Waals surface area contributed by atoms with E-state index in [0.29, 0.717) is 6.54 Å². The molecule has 1 saturated heterocycles. The number of methoxy groups -OCH3 is 1. The van der Waals surface area contributed by atoms with Gasteiger partial charge in [0.15, 0.2) is 5.78 Å². The van der Waals surface area contributed by atoms with Gasteiger partial charge >= 0.3 is 0 Å². The van der Waals surface area contributed by atoms with E-state index >= 15 is 0 Å². The Hall–Kier alpha value is -1.39. The van der Waals surface area contributed by atoms with Gasteiger partial charge in [-0.3, -0.25) is 9.69 Å². The first-order valence-corrected chi connectivity index (χ1v) is 6.63. The van der Waals surface area contributed by atoms with Crippen LogP contribution in [0.3, 0.4) is 0 Å². The van der Waals surface area contributed by atoms with Crippen LogP contribution in [0.25, 0.3) is 0 Å². The first kappa shape index (κ1) is 14.0. The maximum atomic E-state index is 12.2. The van der Waals surface area contributed by atoms with Crippen LogP contribution in [0.1, 0.15) is 24.2 Å². The fourth-order valence-corrected chi connectivity index (χ4v) is 2.48. The molecule has 1 heterocycles. The molecule has 2 unspecified atom stereocenters. The first-order valence-electron chi connectivity index (χ1n) is 6.63. The van der Waals surface area contributed by atoms with Crippen molar-refractivity contribution in [2.75, 3.05) is 26.7 Å². The molecule has 0 amide bonds. The van der Waals surface area contributed by atoms with Crippen molar-refractivity contribution < 1.29 is 14.3 Å². The van der Waals surface area contributed by atoms with Gasteiger partial charge < -0.3 is 9.47 Å². The highest BCUT2D eigenvalue weighted by molar-refractivity contribution is 5.97. The molecule has 1 aliphatic heterocycles. The molecule has 4 heteroatoms. The number of nitrogens with zero attached hydrogens (tertiary/aromatic N) is 1. The molecule has 2 rings (SSSR count). The summed E-state index contributed by atoms with van der Waals surface area (Å²) in [6, 6.07) is 7.26. The van der Waals surface area contributed by atoms with Gasteiger partial charge in [0.05, 0.1) is 25.9 Å². The van der Waals surface area contributed by atoms with Crippen LogP contribution >= 0.6 is 0 Å². The van der Waals surface area contributed by atoms with Crippen LogP contribution in [0.5, 0.6) is 5.75 Å². The fraction of sp³-hybridized carbons (Fsp3) is 0.533. The minimum Gasteiger partial charge on any atom is -0.497 e. The van der Waals surface area contributed by atoms with E-state index in [4.69, 9.17) is 9.47 Å². The smallest absolute Gasteiger partial charge is 0.176 e. The van der Waals surface area contributed by atoms with Crippen molar-refractivity contribution in [2.24, 2.45) is 0 Å². The van der Waals surface area contributed by atoms with Gasteiger partial charge in [-0.15, -0.1) is 0 Å². The second-order valence-electron chi connectivity index (χ2n) is 5.10. The lowest BCUT2D eigenvalue weighted by Crippen LogP contribution is -2.47. The van der Waals surface area contributed by atoms with E-state index in [0.717, 1.165) is 24.4 Å². The first-order chi connectivity index (χ1) is 9.08. The van der Waals surface area contributed by atoms with Crippen LogP contribution in [-0.2, 0) is 4.74 Å². The minimum absolute atomic E-state index is 0.143. The summed E-state index contributed by atoms with van der Waals surface area (Å²) >= 11 is 0. The van der Waals surface area contributed by atoms with Crippen LogP contribution in [-0.4, -0.2) is 49.6 Å². The van der Waals surface area contributed by atoms with Crippen molar-refractivity contribution in [3.8, 4) is 5.75 Å². The third-order valence-electron chi connectivity index (χ3n) is 3.27. The molecule has 1 aromatic rings. The lowest BCUT2D eigenvalue weighted by Gasteiger charge is -2.34. The summed E-state index contributed by atoms with van der Waals surface area (Å²) in [4.78, 5) is 14.4. The van der Waals surface area contributed by atoms with Gasteiger partial charge in [0.2, 0.25) is 0 Å². The van der Waals surface area contributed by atoms with Gasteiger partial charge in [0.1, 0.15) is 5.75 Å². The summed E-state index contributed by atoms with van der Waals surface area (Å²) in [6.07, 6.45) is 0.375. The standard InChI is InChI=1S/C15H21NO3/c1-11-8-16(9-12(2)19-11)10-15(17)13-4-6-14(18-3)7-5-13/h4-7,11-12H,8-10H2,1-3H3. The van der Waals surface area contributed by atoms with E-state index < -0.39 is 0 Å². The molecule has 104 valence electrons. The van der Waals surface area contributed by atoms with E-state index in [9.17, 15) is 4.79 Å². The van der Waals surface area contributed by atoms with E-state index in [2.05, 4.69) is 4.90 Å². The molecular weight excluding hydrogens is 242 g/mol. The van der Waals surface area contributed by atoms with Crippen molar-refractivity contribution >= 4 is 5.78 Å². The lowest BCUT2D eigenvalue weighted by molar-refractivity contribution is -0.0652. The molecule has 1 fully saturated rings. The minimum atomic E-state index is 0.143. The molecule has 2 atom stereocenters. The number of Topliss-reactive ketones (excluding diaryl/α,β-unsaturated/α-hetero) is 1. The van der Waals surface area contributed by atoms with Crippen molar-refractivity contribution in [3.63, 3.8) is 0 Å². The zero-order valence-electron chi connectivity index (χ0n) is 11.8. The van der Waals surface area contributed by atoms with Crippen molar-refractivity contribution in [3.05, 3.63) is 29.8 Å². The summed E-state index contributed by atoms with van der Waals surface area (Å²) in [5, 5.41) is 0. The summed E-state index contributed by atoms with van der Waals surface area (Å²) < 4.78 is 10.8. The lowest BCUT2D eigenvalue weighted by atomic mass is 10.1. The van der Waals surface area contributed by atoms with Crippen molar-refractivity contribution in [2.45, 2.75) is 26.1 Å². The van der Waals surface area contributed by atoms with Gasteiger partial charge in [-0.05, 0) is 38.1 Å². The Morgan fingerprint density at radius 1 is 1.26 bits per heavy atom. The molecule has 0 radical (unpaired) electrons. The van der Waals surface area contributed by atoms with Gasteiger partial charge in [-0.1, -0.05) is 0 Å². The van der Waals surface area contributed by atoms with E-state index in [1.54, 1.807) is 7.11 Å². The highest BCUT2D eigenvalue weighted by Gasteiger charge is 2.23. The summed E-state index contributed by atoms with van der Waals surface area (Å²) in [5.74, 6) is 0.911. The normalized spacial score (nSPS) is 24.2. The molecule has 0 spiro atoms. The Kier molecular flexibility index (Phi) is 4.56. The Morgan fingerprint density at radius 3 is 2.37 bits per heavy atom. The van der Waals surface area contributed by atoms with Gasteiger partial charge in [-0.2, -0.15) is 0 Å². The Balaban J connectivity index is 1.96. The monoisotopic (exact) mass is 263 g/mol. The number of carbonyl (C=O) groups excluding carboxylic acids is 1. The quantitative estimate of drug-likeness (QED) is 0.779. The average Bonchev–Trinajstić information content (AvgIpc) is 2.37. The topological polar surface area (TPSA) is 38.8 Å². The van der Waals surface area contributed by atoms with E-state index in [1.165, 1.54) is 0 Å².